The lowest BCUT2D eigenvalue weighted by Gasteiger charge is -2.14. The Labute approximate surface area is 187 Å². The van der Waals surface area contributed by atoms with Crippen LogP contribution >= 0.6 is 43.6 Å². The van der Waals surface area contributed by atoms with E-state index in [9.17, 15) is 19.8 Å². The van der Waals surface area contributed by atoms with Gasteiger partial charge in [0.25, 0.3) is 11.1 Å². The number of aromatic hydroxyl groups is 2. The molecule has 0 bridgehead atoms. The van der Waals surface area contributed by atoms with Crippen molar-refractivity contribution in [2.45, 2.75) is 0 Å². The van der Waals surface area contributed by atoms with Crippen LogP contribution < -0.4 is 9.47 Å². The first-order valence-corrected chi connectivity index (χ1v) is 10.6. The number of rotatable bonds is 6. The van der Waals surface area contributed by atoms with Gasteiger partial charge in [0, 0.05) is 5.56 Å². The van der Waals surface area contributed by atoms with Crippen LogP contribution in [0.1, 0.15) is 5.56 Å². The molecular weight excluding hydrogens is 530 g/mol. The quantitative estimate of drug-likeness (QED) is 0.507. The van der Waals surface area contributed by atoms with E-state index in [1.807, 2.05) is 6.07 Å². The molecule has 29 heavy (non-hydrogen) atoms. The molecule has 0 spiro atoms. The third-order valence-electron chi connectivity index (χ3n) is 4.00. The number of hydrogen-bond acceptors (Lipinski definition) is 7. The number of phenolic OH excluding ortho intramolecular Hbond substituents is 2. The number of carbonyl (C=O) groups is 2. The lowest BCUT2D eigenvalue weighted by atomic mass is 10.1. The maximum absolute atomic E-state index is 12.6. The van der Waals surface area contributed by atoms with Crippen LogP contribution in [0.4, 0.5) is 4.79 Å². The van der Waals surface area contributed by atoms with Crippen molar-refractivity contribution in [1.82, 2.24) is 4.90 Å². The van der Waals surface area contributed by atoms with Crippen molar-refractivity contribution >= 4 is 60.8 Å². The van der Waals surface area contributed by atoms with Crippen LogP contribution in [0.3, 0.4) is 0 Å². The Bertz CT molecular complexity index is 1010. The number of ether oxygens (including phenoxy) is 2. The van der Waals surface area contributed by atoms with Crippen molar-refractivity contribution in [2.24, 2.45) is 0 Å². The zero-order valence-corrected chi connectivity index (χ0v) is 19.0. The van der Waals surface area contributed by atoms with Crippen molar-refractivity contribution in [3.63, 3.8) is 0 Å². The summed E-state index contributed by atoms with van der Waals surface area (Å²) in [5, 5.41) is 19.6. The van der Waals surface area contributed by atoms with Crippen LogP contribution in [-0.4, -0.2) is 46.5 Å². The van der Waals surface area contributed by atoms with Gasteiger partial charge in [0.2, 0.25) is 0 Å². The summed E-state index contributed by atoms with van der Waals surface area (Å²) in [6.07, 6.45) is 1.40. The first-order chi connectivity index (χ1) is 13.8. The van der Waals surface area contributed by atoms with E-state index in [4.69, 9.17) is 9.47 Å². The number of amides is 2. The Morgan fingerprint density at radius 2 is 1.83 bits per heavy atom. The average Bonchev–Trinajstić information content (AvgIpc) is 2.98. The van der Waals surface area contributed by atoms with Crippen molar-refractivity contribution in [3.05, 3.63) is 49.7 Å². The number of thioether (sulfide) groups is 1. The summed E-state index contributed by atoms with van der Waals surface area (Å²) in [5.74, 6) is 0.184. The Kier molecular flexibility index (Phi) is 6.76. The van der Waals surface area contributed by atoms with E-state index in [1.165, 1.54) is 19.3 Å². The molecule has 0 radical (unpaired) electrons. The van der Waals surface area contributed by atoms with E-state index < -0.39 is 11.1 Å². The van der Waals surface area contributed by atoms with Crippen molar-refractivity contribution in [1.29, 1.82) is 0 Å². The summed E-state index contributed by atoms with van der Waals surface area (Å²) in [4.78, 5) is 26.1. The number of benzene rings is 2. The molecule has 0 aliphatic carbocycles. The number of hydrogen-bond donors (Lipinski definition) is 2. The van der Waals surface area contributed by atoms with Gasteiger partial charge in [-0.15, -0.1) is 0 Å². The minimum absolute atomic E-state index is 0.0645. The SMILES string of the molecule is COc1ccccc1OCCN1C(=O)S/C(=C\c2cc(Br)c(O)c(Br)c2O)C1=O. The van der Waals surface area contributed by atoms with E-state index in [1.54, 1.807) is 18.2 Å². The van der Waals surface area contributed by atoms with Gasteiger partial charge in [0.15, 0.2) is 11.5 Å². The fraction of sp³-hybridized carbons (Fsp3) is 0.158. The largest absolute Gasteiger partial charge is 0.506 e. The van der Waals surface area contributed by atoms with Crippen LogP contribution in [-0.2, 0) is 4.79 Å². The standard InChI is InChI=1S/C19H15Br2NO6S/c1-27-12-4-2-3-5-13(12)28-7-6-22-18(25)14(29-19(22)26)9-10-8-11(20)17(24)15(21)16(10)23/h2-5,8-9,23-24H,6-7H2,1H3/b14-9-. The number of nitrogens with zero attached hydrogens (tertiary/aromatic N) is 1. The summed E-state index contributed by atoms with van der Waals surface area (Å²) >= 11 is 7.02. The highest BCUT2D eigenvalue weighted by molar-refractivity contribution is 9.11. The molecule has 0 saturated carbocycles. The van der Waals surface area contributed by atoms with E-state index in [-0.39, 0.29) is 39.6 Å². The van der Waals surface area contributed by atoms with Gasteiger partial charge in [-0.05, 0) is 67.9 Å². The summed E-state index contributed by atoms with van der Waals surface area (Å²) in [6, 6.07) is 8.53. The van der Waals surface area contributed by atoms with Gasteiger partial charge in [-0.3, -0.25) is 14.5 Å². The van der Waals surface area contributed by atoms with Gasteiger partial charge in [-0.1, -0.05) is 12.1 Å². The second-order valence-electron chi connectivity index (χ2n) is 5.79. The third-order valence-corrected chi connectivity index (χ3v) is 6.26. The molecule has 3 rings (SSSR count). The minimum atomic E-state index is -0.483. The number of methoxy groups -OCH3 is 1. The fourth-order valence-corrected chi connectivity index (χ4v) is 4.56. The lowest BCUT2D eigenvalue weighted by molar-refractivity contribution is -0.123. The molecule has 1 aliphatic rings. The summed E-state index contributed by atoms with van der Waals surface area (Å²) in [5.41, 5.74) is 0.275. The van der Waals surface area contributed by atoms with Crippen LogP contribution in [0, 0.1) is 0 Å². The molecule has 2 aromatic carbocycles. The van der Waals surface area contributed by atoms with Gasteiger partial charge in [0.1, 0.15) is 22.6 Å². The first-order valence-electron chi connectivity index (χ1n) is 8.24. The highest BCUT2D eigenvalue weighted by Crippen LogP contribution is 2.43. The van der Waals surface area contributed by atoms with Crippen LogP contribution in [0.15, 0.2) is 44.2 Å². The monoisotopic (exact) mass is 543 g/mol. The highest BCUT2D eigenvalue weighted by Gasteiger charge is 2.35. The Morgan fingerprint density at radius 1 is 1.14 bits per heavy atom. The Morgan fingerprint density at radius 3 is 2.52 bits per heavy atom. The Hall–Kier alpha value is -2.17. The molecule has 0 aromatic heterocycles. The molecular formula is C19H15Br2NO6S. The van der Waals surface area contributed by atoms with E-state index in [2.05, 4.69) is 31.9 Å². The van der Waals surface area contributed by atoms with Crippen molar-refractivity contribution in [3.8, 4) is 23.0 Å². The minimum Gasteiger partial charge on any atom is -0.506 e. The number of para-hydroxylation sites is 2. The molecule has 2 aromatic rings. The first kappa shape index (κ1) is 21.5. The van der Waals surface area contributed by atoms with Gasteiger partial charge in [-0.2, -0.15) is 0 Å². The van der Waals surface area contributed by atoms with E-state index >= 15 is 0 Å². The maximum Gasteiger partial charge on any atom is 0.293 e. The molecule has 2 amide bonds. The van der Waals surface area contributed by atoms with Gasteiger partial charge in [0.05, 0.1) is 23.0 Å². The average molecular weight is 545 g/mol. The molecule has 1 fully saturated rings. The third kappa shape index (κ3) is 4.54. The zero-order chi connectivity index (χ0) is 21.1. The van der Waals surface area contributed by atoms with Gasteiger partial charge in [-0.25, -0.2) is 0 Å². The second-order valence-corrected chi connectivity index (χ2v) is 8.43. The molecule has 152 valence electrons. The molecule has 1 heterocycles. The lowest BCUT2D eigenvalue weighted by Crippen LogP contribution is -2.32. The zero-order valence-electron chi connectivity index (χ0n) is 15.0. The molecule has 1 saturated heterocycles. The van der Waals surface area contributed by atoms with E-state index in [0.717, 1.165) is 16.7 Å². The number of halogens is 2. The smallest absolute Gasteiger partial charge is 0.293 e. The van der Waals surface area contributed by atoms with E-state index in [0.29, 0.717) is 16.0 Å². The molecule has 0 unspecified atom stereocenters. The fourth-order valence-electron chi connectivity index (χ4n) is 2.55. The number of imide groups is 1. The van der Waals surface area contributed by atoms with Crippen LogP contribution in [0.2, 0.25) is 0 Å². The molecule has 7 nitrogen and oxygen atoms in total. The summed E-state index contributed by atoms with van der Waals surface area (Å²) < 4.78 is 11.2. The van der Waals surface area contributed by atoms with Crippen molar-refractivity contribution in [2.75, 3.05) is 20.3 Å². The summed E-state index contributed by atoms with van der Waals surface area (Å²) in [6.45, 7) is 0.169. The number of phenols is 2. The maximum atomic E-state index is 12.6. The predicted molar refractivity (Wildman–Crippen MR) is 116 cm³/mol. The molecule has 2 N–H and O–H groups in total. The predicted octanol–water partition coefficient (Wildman–Crippen LogP) is 4.75. The number of carbonyl (C=O) groups excluding carboxylic acids is 2. The molecule has 1 aliphatic heterocycles. The molecule has 0 atom stereocenters. The normalized spacial score (nSPS) is 15.3. The van der Waals surface area contributed by atoms with Gasteiger partial charge >= 0.3 is 0 Å². The van der Waals surface area contributed by atoms with Crippen LogP contribution in [0.5, 0.6) is 23.0 Å². The highest BCUT2D eigenvalue weighted by atomic mass is 79.9. The second kappa shape index (κ2) is 9.10. The summed E-state index contributed by atoms with van der Waals surface area (Å²) in [7, 11) is 1.53. The van der Waals surface area contributed by atoms with Crippen molar-refractivity contribution < 1.29 is 29.3 Å². The Balaban J connectivity index is 1.72. The molecule has 10 heteroatoms. The van der Waals surface area contributed by atoms with Gasteiger partial charge < -0.3 is 19.7 Å². The van der Waals surface area contributed by atoms with Crippen LogP contribution in [0.25, 0.3) is 6.08 Å². The topological polar surface area (TPSA) is 96.3 Å².